The van der Waals surface area contributed by atoms with Crippen LogP contribution in [0.15, 0.2) is 52.2 Å². The van der Waals surface area contributed by atoms with Crippen LogP contribution in [-0.4, -0.2) is 26.8 Å². The fourth-order valence-electron chi connectivity index (χ4n) is 1.86. The maximum Gasteiger partial charge on any atom is 0.234 e. The summed E-state index contributed by atoms with van der Waals surface area (Å²) in [5.41, 5.74) is 1.85. The third kappa shape index (κ3) is 3.37. The Labute approximate surface area is 131 Å². The first-order chi connectivity index (χ1) is 10.7. The Bertz CT molecular complexity index is 767. The molecule has 1 aromatic carbocycles. The van der Waals surface area contributed by atoms with E-state index in [0.717, 1.165) is 11.3 Å². The Morgan fingerprint density at radius 2 is 2.18 bits per heavy atom. The number of rotatable bonds is 5. The minimum absolute atomic E-state index is 0.0938. The van der Waals surface area contributed by atoms with Gasteiger partial charge in [0.2, 0.25) is 11.1 Å². The lowest BCUT2D eigenvalue weighted by atomic mass is 10.2. The Balaban J connectivity index is 1.56. The van der Waals surface area contributed by atoms with E-state index in [1.807, 2.05) is 31.2 Å². The van der Waals surface area contributed by atoms with Gasteiger partial charge in [-0.25, -0.2) is 0 Å². The Morgan fingerprint density at radius 3 is 2.95 bits per heavy atom. The molecule has 2 N–H and O–H groups in total. The normalized spacial score (nSPS) is 10.6. The highest BCUT2D eigenvalue weighted by atomic mass is 32.2. The summed E-state index contributed by atoms with van der Waals surface area (Å²) in [4.78, 5) is 16.2. The lowest BCUT2D eigenvalue weighted by Gasteiger charge is -2.06. The molecule has 0 radical (unpaired) electrons. The average molecular weight is 314 g/mol. The number of hydrogen-bond acceptors (Lipinski definition) is 5. The average Bonchev–Trinajstić information content (AvgIpc) is 3.18. The van der Waals surface area contributed by atoms with Crippen LogP contribution in [0.25, 0.3) is 11.6 Å². The molecule has 3 rings (SSSR count). The third-order valence-electron chi connectivity index (χ3n) is 2.97. The maximum absolute atomic E-state index is 12.0. The summed E-state index contributed by atoms with van der Waals surface area (Å²) in [6.45, 7) is 1.95. The number of nitrogens with one attached hydrogen (secondary N) is 2. The number of carbonyl (C=O) groups excluding carboxylic acids is 1. The Kier molecular flexibility index (Phi) is 4.24. The van der Waals surface area contributed by atoms with Crippen molar-refractivity contribution in [2.45, 2.75) is 12.1 Å². The molecule has 1 amide bonds. The molecule has 112 valence electrons. The molecule has 0 atom stereocenters. The lowest BCUT2D eigenvalue weighted by Crippen LogP contribution is -2.14. The van der Waals surface area contributed by atoms with Gasteiger partial charge in [-0.2, -0.15) is 4.98 Å². The molecule has 0 saturated carbocycles. The van der Waals surface area contributed by atoms with Crippen LogP contribution in [0.3, 0.4) is 0 Å². The molecule has 0 bridgehead atoms. The smallest absolute Gasteiger partial charge is 0.234 e. The first kappa shape index (κ1) is 14.4. The fraction of sp³-hybridized carbons (Fsp3) is 0.133. The van der Waals surface area contributed by atoms with Gasteiger partial charge in [0, 0.05) is 5.69 Å². The van der Waals surface area contributed by atoms with Crippen molar-refractivity contribution in [2.24, 2.45) is 0 Å². The van der Waals surface area contributed by atoms with E-state index in [1.54, 1.807) is 18.4 Å². The molecule has 7 heteroatoms. The topological polar surface area (TPSA) is 83.8 Å². The summed E-state index contributed by atoms with van der Waals surface area (Å²) in [5.74, 6) is 1.31. The minimum Gasteiger partial charge on any atom is -0.461 e. The number of aromatic amines is 1. The molecule has 0 aliphatic heterocycles. The fourth-order valence-corrected chi connectivity index (χ4v) is 2.46. The summed E-state index contributed by atoms with van der Waals surface area (Å²) in [5, 5.41) is 10.2. The van der Waals surface area contributed by atoms with Crippen molar-refractivity contribution in [3.05, 3.63) is 48.2 Å². The highest BCUT2D eigenvalue weighted by Gasteiger charge is 2.11. The van der Waals surface area contributed by atoms with Crippen LogP contribution in [0.5, 0.6) is 0 Å². The van der Waals surface area contributed by atoms with E-state index in [2.05, 4.69) is 20.5 Å². The minimum atomic E-state index is -0.0938. The van der Waals surface area contributed by atoms with E-state index >= 15 is 0 Å². The first-order valence-corrected chi connectivity index (χ1v) is 7.65. The summed E-state index contributed by atoms with van der Waals surface area (Å²) < 4.78 is 5.23. The molecule has 2 aromatic heterocycles. The van der Waals surface area contributed by atoms with Gasteiger partial charge in [0.05, 0.1) is 12.0 Å². The SMILES string of the molecule is Cc1ccccc1NC(=O)CSc1n[nH]c(-c2ccco2)n1. The van der Waals surface area contributed by atoms with Crippen molar-refractivity contribution in [3.8, 4) is 11.6 Å². The van der Waals surface area contributed by atoms with Gasteiger partial charge in [0.1, 0.15) is 0 Å². The second-order valence-electron chi connectivity index (χ2n) is 4.60. The summed E-state index contributed by atoms with van der Waals surface area (Å²) in [6.07, 6.45) is 1.57. The summed E-state index contributed by atoms with van der Waals surface area (Å²) >= 11 is 1.26. The number of nitrogens with zero attached hydrogens (tertiary/aromatic N) is 2. The van der Waals surface area contributed by atoms with Gasteiger partial charge < -0.3 is 9.73 Å². The van der Waals surface area contributed by atoms with Gasteiger partial charge in [-0.3, -0.25) is 9.89 Å². The molecule has 2 heterocycles. The van der Waals surface area contributed by atoms with Crippen molar-refractivity contribution in [3.63, 3.8) is 0 Å². The standard InChI is InChI=1S/C15H14N4O2S/c1-10-5-2-3-6-11(10)16-13(20)9-22-15-17-14(18-19-15)12-7-4-8-21-12/h2-8H,9H2,1H3,(H,16,20)(H,17,18,19). The van der Waals surface area contributed by atoms with Crippen LogP contribution >= 0.6 is 11.8 Å². The van der Waals surface area contributed by atoms with Crippen molar-refractivity contribution in [1.29, 1.82) is 0 Å². The van der Waals surface area contributed by atoms with Crippen molar-refractivity contribution >= 4 is 23.4 Å². The maximum atomic E-state index is 12.0. The number of anilines is 1. The van der Waals surface area contributed by atoms with Gasteiger partial charge in [-0.05, 0) is 30.7 Å². The zero-order valence-corrected chi connectivity index (χ0v) is 12.7. The van der Waals surface area contributed by atoms with E-state index in [4.69, 9.17) is 4.42 Å². The molecule has 3 aromatic rings. The van der Waals surface area contributed by atoms with Gasteiger partial charge in [-0.1, -0.05) is 30.0 Å². The van der Waals surface area contributed by atoms with Gasteiger partial charge in [0.25, 0.3) is 0 Å². The second kappa shape index (κ2) is 6.48. The van der Waals surface area contributed by atoms with E-state index in [9.17, 15) is 4.79 Å². The second-order valence-corrected chi connectivity index (χ2v) is 5.54. The van der Waals surface area contributed by atoms with Crippen molar-refractivity contribution < 1.29 is 9.21 Å². The number of aryl methyl sites for hydroxylation is 1. The molecular weight excluding hydrogens is 300 g/mol. The number of benzene rings is 1. The van der Waals surface area contributed by atoms with Crippen LogP contribution in [-0.2, 0) is 4.79 Å². The number of amides is 1. The number of furan rings is 1. The van der Waals surface area contributed by atoms with E-state index in [0.29, 0.717) is 16.7 Å². The van der Waals surface area contributed by atoms with E-state index < -0.39 is 0 Å². The molecule has 22 heavy (non-hydrogen) atoms. The molecule has 0 unspecified atom stereocenters. The number of carbonyl (C=O) groups is 1. The highest BCUT2D eigenvalue weighted by Crippen LogP contribution is 2.20. The highest BCUT2D eigenvalue weighted by molar-refractivity contribution is 7.99. The molecule has 6 nitrogen and oxygen atoms in total. The largest absolute Gasteiger partial charge is 0.461 e. The number of para-hydroxylation sites is 1. The molecule has 0 spiro atoms. The number of aromatic nitrogens is 3. The number of hydrogen-bond donors (Lipinski definition) is 2. The first-order valence-electron chi connectivity index (χ1n) is 6.67. The van der Waals surface area contributed by atoms with Gasteiger partial charge >= 0.3 is 0 Å². The quantitative estimate of drug-likeness (QED) is 0.707. The monoisotopic (exact) mass is 314 g/mol. The van der Waals surface area contributed by atoms with Crippen LogP contribution in [0.2, 0.25) is 0 Å². The Hall–Kier alpha value is -2.54. The molecule has 0 aliphatic carbocycles. The predicted molar refractivity (Wildman–Crippen MR) is 84.6 cm³/mol. The van der Waals surface area contributed by atoms with Gasteiger partial charge in [0.15, 0.2) is 11.6 Å². The molecule has 0 aliphatic rings. The summed E-state index contributed by atoms with van der Waals surface area (Å²) in [6, 6.07) is 11.2. The van der Waals surface area contributed by atoms with Gasteiger partial charge in [-0.15, -0.1) is 5.10 Å². The molecular formula is C15H14N4O2S. The zero-order valence-electron chi connectivity index (χ0n) is 11.9. The van der Waals surface area contributed by atoms with Crippen molar-refractivity contribution in [1.82, 2.24) is 15.2 Å². The van der Waals surface area contributed by atoms with Crippen LogP contribution in [0.4, 0.5) is 5.69 Å². The van der Waals surface area contributed by atoms with Crippen LogP contribution in [0.1, 0.15) is 5.56 Å². The Morgan fingerprint density at radius 1 is 1.32 bits per heavy atom. The number of thioether (sulfide) groups is 1. The summed E-state index contributed by atoms with van der Waals surface area (Å²) in [7, 11) is 0. The van der Waals surface area contributed by atoms with Crippen LogP contribution in [0, 0.1) is 6.92 Å². The van der Waals surface area contributed by atoms with E-state index in [1.165, 1.54) is 11.8 Å². The lowest BCUT2D eigenvalue weighted by molar-refractivity contribution is -0.113. The van der Waals surface area contributed by atoms with E-state index in [-0.39, 0.29) is 11.7 Å². The van der Waals surface area contributed by atoms with Crippen LogP contribution < -0.4 is 5.32 Å². The molecule has 0 fully saturated rings. The number of H-pyrrole nitrogens is 1. The van der Waals surface area contributed by atoms with Crippen molar-refractivity contribution in [2.75, 3.05) is 11.1 Å². The third-order valence-corrected chi connectivity index (χ3v) is 3.82. The predicted octanol–water partition coefficient (Wildman–Crippen LogP) is 3.10. The molecule has 0 saturated heterocycles. The zero-order chi connectivity index (χ0) is 15.4.